The van der Waals surface area contributed by atoms with Crippen LogP contribution >= 0.6 is 23.2 Å². The number of fused-ring (bicyclic) bond motifs is 3. The van der Waals surface area contributed by atoms with Crippen LogP contribution in [0.5, 0.6) is 0 Å². The molecule has 12 heteroatoms. The lowest BCUT2D eigenvalue weighted by molar-refractivity contribution is -0.144. The van der Waals surface area contributed by atoms with Gasteiger partial charge in [0.25, 0.3) is 17.2 Å². The molecule has 3 aromatic heterocycles. The van der Waals surface area contributed by atoms with Crippen molar-refractivity contribution in [3.05, 3.63) is 56.7 Å². The van der Waals surface area contributed by atoms with Gasteiger partial charge in [0.15, 0.2) is 5.52 Å². The van der Waals surface area contributed by atoms with Crippen LogP contribution in [0.1, 0.15) is 5.82 Å². The van der Waals surface area contributed by atoms with Crippen LogP contribution in [0.4, 0.5) is 13.2 Å². The Labute approximate surface area is 151 Å². The van der Waals surface area contributed by atoms with Crippen LogP contribution < -0.4 is 5.56 Å². The van der Waals surface area contributed by atoms with Crippen molar-refractivity contribution in [3.63, 3.8) is 0 Å². The monoisotopic (exact) mass is 400 g/mol. The lowest BCUT2D eigenvalue weighted by Crippen LogP contribution is -2.20. The normalized spacial score (nSPS) is 12.2. The highest BCUT2D eigenvalue weighted by atomic mass is 35.5. The summed E-state index contributed by atoms with van der Waals surface area (Å²) in [6.07, 6.45) is -3.42. The molecule has 0 radical (unpaired) electrons. The van der Waals surface area contributed by atoms with E-state index in [4.69, 9.17) is 23.2 Å². The first kappa shape index (κ1) is 16.7. The summed E-state index contributed by atoms with van der Waals surface area (Å²) in [6.45, 7) is 0. The summed E-state index contributed by atoms with van der Waals surface area (Å²) in [4.78, 5) is 16.0. The van der Waals surface area contributed by atoms with Crippen molar-refractivity contribution >= 4 is 40.0 Å². The van der Waals surface area contributed by atoms with Crippen LogP contribution in [0.15, 0.2) is 35.3 Å². The van der Waals surface area contributed by atoms with Gasteiger partial charge in [-0.3, -0.25) is 9.36 Å². The molecule has 4 aromatic rings. The van der Waals surface area contributed by atoms with Gasteiger partial charge < -0.3 is 0 Å². The number of hydrogen-bond acceptors (Lipinski definition) is 5. The molecule has 0 aliphatic heterocycles. The van der Waals surface area contributed by atoms with Crippen LogP contribution in [-0.4, -0.2) is 29.4 Å². The minimum atomic E-state index is -4.75. The molecule has 0 aliphatic carbocycles. The van der Waals surface area contributed by atoms with E-state index >= 15 is 0 Å². The first-order chi connectivity index (χ1) is 12.3. The van der Waals surface area contributed by atoms with Gasteiger partial charge in [-0.05, 0) is 18.2 Å². The molecular formula is C14H5Cl2F3N6O. The van der Waals surface area contributed by atoms with Crippen molar-refractivity contribution in [3.8, 4) is 5.69 Å². The summed E-state index contributed by atoms with van der Waals surface area (Å²) in [6, 6.07) is 6.08. The molecule has 0 aliphatic rings. The largest absolute Gasteiger partial charge is 0.453 e. The van der Waals surface area contributed by atoms with Crippen LogP contribution in [0, 0.1) is 0 Å². The lowest BCUT2D eigenvalue weighted by atomic mass is 10.3. The number of alkyl halides is 3. The molecule has 3 heterocycles. The molecule has 7 nitrogen and oxygen atoms in total. The molecule has 0 unspecified atom stereocenters. The Morgan fingerprint density at radius 1 is 1.08 bits per heavy atom. The van der Waals surface area contributed by atoms with Crippen molar-refractivity contribution in [1.82, 2.24) is 29.4 Å². The second-order valence-corrected chi connectivity index (χ2v) is 5.93. The molecule has 0 fully saturated rings. The number of rotatable bonds is 1. The predicted octanol–water partition coefficient (Wildman–Crippen LogP) is 3.15. The van der Waals surface area contributed by atoms with Gasteiger partial charge in [-0.25, -0.2) is 0 Å². The average molecular weight is 401 g/mol. The first-order valence-corrected chi connectivity index (χ1v) is 7.69. The second kappa shape index (κ2) is 5.64. The van der Waals surface area contributed by atoms with Gasteiger partial charge in [0.1, 0.15) is 5.52 Å². The van der Waals surface area contributed by atoms with Gasteiger partial charge in [-0.15, -0.1) is 15.3 Å². The Bertz CT molecular complexity index is 1230. The second-order valence-electron chi connectivity index (χ2n) is 5.14. The summed E-state index contributed by atoms with van der Waals surface area (Å²) in [5.41, 5.74) is -0.528. The maximum Gasteiger partial charge on any atom is 0.453 e. The molecule has 0 N–H and O–H groups in total. The minimum Gasteiger partial charge on any atom is -0.281 e. The fraction of sp³-hybridized carbons (Fsp3) is 0.0714. The Morgan fingerprint density at radius 2 is 1.85 bits per heavy atom. The Hall–Kier alpha value is -2.72. The minimum absolute atomic E-state index is 0.0254. The summed E-state index contributed by atoms with van der Waals surface area (Å²) in [5, 5.41) is 11.0. The van der Waals surface area contributed by atoms with E-state index in [1.165, 1.54) is 16.8 Å². The van der Waals surface area contributed by atoms with Gasteiger partial charge in [0.2, 0.25) is 0 Å². The topological polar surface area (TPSA) is 78.0 Å². The zero-order valence-corrected chi connectivity index (χ0v) is 13.9. The third-order valence-electron chi connectivity index (χ3n) is 3.55. The SMILES string of the molecule is O=c1c2nnc3nc(C(F)(F)F)nn3c2ccn1-c1cccc(Cl)c1Cl. The smallest absolute Gasteiger partial charge is 0.281 e. The van der Waals surface area contributed by atoms with Gasteiger partial charge in [-0.1, -0.05) is 29.3 Å². The summed E-state index contributed by atoms with van der Waals surface area (Å²) >= 11 is 12.1. The summed E-state index contributed by atoms with van der Waals surface area (Å²) < 4.78 is 40.4. The first-order valence-electron chi connectivity index (χ1n) is 6.94. The molecule has 0 saturated heterocycles. The maximum atomic E-state index is 12.8. The Balaban J connectivity index is 2.01. The highest BCUT2D eigenvalue weighted by Crippen LogP contribution is 2.28. The van der Waals surface area contributed by atoms with Crippen LogP contribution in [0.3, 0.4) is 0 Å². The van der Waals surface area contributed by atoms with E-state index < -0.39 is 17.6 Å². The van der Waals surface area contributed by atoms with Crippen molar-refractivity contribution in [2.24, 2.45) is 0 Å². The lowest BCUT2D eigenvalue weighted by Gasteiger charge is -2.09. The van der Waals surface area contributed by atoms with Crippen LogP contribution in [0.25, 0.3) is 22.5 Å². The number of halogens is 5. The van der Waals surface area contributed by atoms with E-state index in [0.717, 1.165) is 4.52 Å². The zero-order chi connectivity index (χ0) is 18.6. The van der Waals surface area contributed by atoms with Crippen LogP contribution in [0.2, 0.25) is 10.0 Å². The third-order valence-corrected chi connectivity index (χ3v) is 4.36. The van der Waals surface area contributed by atoms with E-state index in [0.29, 0.717) is 5.69 Å². The molecule has 0 amide bonds. The van der Waals surface area contributed by atoms with E-state index in [9.17, 15) is 18.0 Å². The molecule has 0 atom stereocenters. The van der Waals surface area contributed by atoms with Crippen molar-refractivity contribution < 1.29 is 13.2 Å². The molecule has 0 spiro atoms. The van der Waals surface area contributed by atoms with Gasteiger partial charge in [0, 0.05) is 6.20 Å². The molecule has 0 saturated carbocycles. The van der Waals surface area contributed by atoms with Crippen molar-refractivity contribution in [2.45, 2.75) is 6.18 Å². The highest BCUT2D eigenvalue weighted by molar-refractivity contribution is 6.43. The predicted molar refractivity (Wildman–Crippen MR) is 86.7 cm³/mol. The van der Waals surface area contributed by atoms with Gasteiger partial charge in [-0.2, -0.15) is 22.7 Å². The van der Waals surface area contributed by atoms with Crippen LogP contribution in [-0.2, 0) is 6.18 Å². The quantitative estimate of drug-likeness (QED) is 0.490. The molecule has 1 aromatic carbocycles. The fourth-order valence-corrected chi connectivity index (χ4v) is 2.78. The maximum absolute atomic E-state index is 12.8. The number of aromatic nitrogens is 6. The van der Waals surface area contributed by atoms with E-state index in [2.05, 4.69) is 20.3 Å². The highest BCUT2D eigenvalue weighted by Gasteiger charge is 2.36. The Morgan fingerprint density at radius 3 is 2.58 bits per heavy atom. The Kier molecular flexibility index (Phi) is 3.63. The average Bonchev–Trinajstić information content (AvgIpc) is 3.03. The summed E-state index contributed by atoms with van der Waals surface area (Å²) in [7, 11) is 0. The zero-order valence-electron chi connectivity index (χ0n) is 12.4. The molecule has 26 heavy (non-hydrogen) atoms. The number of benzene rings is 1. The fourth-order valence-electron chi connectivity index (χ4n) is 2.39. The standard InChI is InChI=1S/C14H5Cl2F3N6O/c15-6-2-1-3-7(9(6)16)24-5-4-8-10(11(24)26)21-22-13-20-12(14(17,18)19)23-25(8)13/h1-5H. The van der Waals surface area contributed by atoms with E-state index in [1.54, 1.807) is 18.2 Å². The number of pyridine rings is 1. The number of nitrogens with zero attached hydrogens (tertiary/aromatic N) is 6. The molecule has 4 rings (SSSR count). The van der Waals surface area contributed by atoms with Crippen molar-refractivity contribution in [2.75, 3.05) is 0 Å². The van der Waals surface area contributed by atoms with E-state index in [1.807, 2.05) is 0 Å². The van der Waals surface area contributed by atoms with E-state index in [-0.39, 0.29) is 26.9 Å². The third kappa shape index (κ3) is 2.49. The van der Waals surface area contributed by atoms with Gasteiger partial charge >= 0.3 is 6.18 Å². The van der Waals surface area contributed by atoms with Crippen molar-refractivity contribution in [1.29, 1.82) is 0 Å². The summed E-state index contributed by atoms with van der Waals surface area (Å²) in [5.74, 6) is -1.75. The van der Waals surface area contributed by atoms with Gasteiger partial charge in [0.05, 0.1) is 15.7 Å². The molecular weight excluding hydrogens is 396 g/mol. The molecule has 0 bridgehead atoms. The number of hydrogen-bond donors (Lipinski definition) is 0. The molecule has 132 valence electrons.